The fourth-order valence-corrected chi connectivity index (χ4v) is 5.21. The van der Waals surface area contributed by atoms with Gasteiger partial charge in [0, 0.05) is 28.9 Å². The van der Waals surface area contributed by atoms with Gasteiger partial charge in [0.25, 0.3) is 10.0 Å². The molecule has 0 radical (unpaired) electrons. The van der Waals surface area contributed by atoms with E-state index >= 15 is 0 Å². The van der Waals surface area contributed by atoms with Gasteiger partial charge in [0.15, 0.2) is 0 Å². The van der Waals surface area contributed by atoms with E-state index in [1.807, 2.05) is 25.1 Å². The standard InChI is InChI=1S/C23H33N3O2S2/c1-3-19(13-16-26-14-5-4-6-15-26)24-22-12-11-21(17-23(22)29)30(27,28)25-20-9-7-18(2)8-10-20/h7-12,17,19,24-25,29H,3-6,13-16H2,1-2H3/t19-/m0/s1. The van der Waals surface area contributed by atoms with Crippen molar-refractivity contribution < 1.29 is 8.42 Å². The van der Waals surface area contributed by atoms with Crippen molar-refractivity contribution in [3.05, 3.63) is 48.0 Å². The SMILES string of the molecule is CC[C@@H](CCN1CCCCC1)Nc1ccc(S(=O)(=O)Nc2ccc(C)cc2)cc1S. The molecule has 0 spiro atoms. The second kappa shape index (κ2) is 10.6. The molecule has 0 amide bonds. The van der Waals surface area contributed by atoms with Crippen molar-refractivity contribution in [2.75, 3.05) is 29.7 Å². The van der Waals surface area contributed by atoms with Gasteiger partial charge in [-0.1, -0.05) is 31.0 Å². The second-order valence-electron chi connectivity index (χ2n) is 8.09. The Kier molecular flexibility index (Phi) is 8.08. The average Bonchev–Trinajstić information content (AvgIpc) is 2.74. The first kappa shape index (κ1) is 23.0. The normalized spacial score (nSPS) is 16.2. The van der Waals surface area contributed by atoms with Gasteiger partial charge in [-0.25, -0.2) is 8.42 Å². The first-order chi connectivity index (χ1) is 14.4. The highest BCUT2D eigenvalue weighted by Gasteiger charge is 2.17. The highest BCUT2D eigenvalue weighted by Crippen LogP contribution is 2.26. The highest BCUT2D eigenvalue weighted by molar-refractivity contribution is 7.92. The van der Waals surface area contributed by atoms with E-state index in [1.165, 1.54) is 32.4 Å². The smallest absolute Gasteiger partial charge is 0.261 e. The topological polar surface area (TPSA) is 61.4 Å². The molecule has 164 valence electrons. The fraction of sp³-hybridized carbons (Fsp3) is 0.478. The van der Waals surface area contributed by atoms with E-state index in [0.717, 1.165) is 30.6 Å². The minimum Gasteiger partial charge on any atom is -0.381 e. The fourth-order valence-electron chi connectivity index (χ4n) is 3.76. The third-order valence-corrected chi connectivity index (χ3v) is 7.43. The van der Waals surface area contributed by atoms with Crippen LogP contribution in [-0.4, -0.2) is 39.0 Å². The summed E-state index contributed by atoms with van der Waals surface area (Å²) in [6.45, 7) is 7.65. The Bertz CT molecular complexity index is 924. The molecule has 0 aromatic heterocycles. The molecule has 1 aliphatic rings. The first-order valence-corrected chi connectivity index (χ1v) is 12.7. The Hall–Kier alpha value is -1.70. The van der Waals surface area contributed by atoms with E-state index in [9.17, 15) is 8.42 Å². The van der Waals surface area contributed by atoms with Crippen LogP contribution in [0.4, 0.5) is 11.4 Å². The first-order valence-electron chi connectivity index (χ1n) is 10.8. The zero-order valence-electron chi connectivity index (χ0n) is 17.9. The molecule has 7 heteroatoms. The number of rotatable bonds is 9. The van der Waals surface area contributed by atoms with Crippen molar-refractivity contribution in [3.8, 4) is 0 Å². The average molecular weight is 448 g/mol. The molecule has 1 heterocycles. The van der Waals surface area contributed by atoms with Crippen molar-refractivity contribution in [2.45, 2.75) is 61.8 Å². The van der Waals surface area contributed by atoms with Crippen LogP contribution in [0.3, 0.4) is 0 Å². The van der Waals surface area contributed by atoms with Gasteiger partial charge in [0.1, 0.15) is 0 Å². The van der Waals surface area contributed by atoms with E-state index in [-0.39, 0.29) is 4.90 Å². The van der Waals surface area contributed by atoms with Crippen LogP contribution in [-0.2, 0) is 10.0 Å². The van der Waals surface area contributed by atoms with Gasteiger partial charge in [-0.3, -0.25) is 4.72 Å². The van der Waals surface area contributed by atoms with Crippen LogP contribution in [0.5, 0.6) is 0 Å². The molecule has 1 saturated heterocycles. The van der Waals surface area contributed by atoms with Crippen LogP contribution in [0, 0.1) is 6.92 Å². The number of nitrogens with zero attached hydrogens (tertiary/aromatic N) is 1. The number of likely N-dealkylation sites (tertiary alicyclic amines) is 1. The second-order valence-corrected chi connectivity index (χ2v) is 10.3. The lowest BCUT2D eigenvalue weighted by Gasteiger charge is -2.28. The zero-order valence-corrected chi connectivity index (χ0v) is 19.6. The monoisotopic (exact) mass is 447 g/mol. The summed E-state index contributed by atoms with van der Waals surface area (Å²) in [4.78, 5) is 3.39. The Labute approximate surface area is 186 Å². The van der Waals surface area contributed by atoms with Gasteiger partial charge < -0.3 is 10.2 Å². The van der Waals surface area contributed by atoms with E-state index < -0.39 is 10.0 Å². The van der Waals surface area contributed by atoms with Crippen LogP contribution in [0.25, 0.3) is 0 Å². The lowest BCUT2D eigenvalue weighted by molar-refractivity contribution is 0.222. The lowest BCUT2D eigenvalue weighted by atomic mass is 10.1. The summed E-state index contributed by atoms with van der Waals surface area (Å²) in [5.74, 6) is 0. The summed E-state index contributed by atoms with van der Waals surface area (Å²) >= 11 is 4.56. The number of hydrogen-bond donors (Lipinski definition) is 3. The summed E-state index contributed by atoms with van der Waals surface area (Å²) in [6, 6.07) is 12.7. The molecular weight excluding hydrogens is 414 g/mol. The van der Waals surface area contributed by atoms with Gasteiger partial charge in [-0.2, -0.15) is 0 Å². The molecule has 0 bridgehead atoms. The Morgan fingerprint density at radius 3 is 2.40 bits per heavy atom. The van der Waals surface area contributed by atoms with Gasteiger partial charge in [0.05, 0.1) is 4.90 Å². The van der Waals surface area contributed by atoms with Crippen molar-refractivity contribution in [2.24, 2.45) is 0 Å². The molecule has 2 aromatic carbocycles. The predicted octanol–water partition coefficient (Wildman–Crippen LogP) is 5.15. The number of sulfonamides is 1. The third-order valence-electron chi connectivity index (χ3n) is 5.68. The van der Waals surface area contributed by atoms with Crippen molar-refractivity contribution in [1.82, 2.24) is 4.90 Å². The van der Waals surface area contributed by atoms with E-state index in [4.69, 9.17) is 0 Å². The molecule has 1 atom stereocenters. The molecule has 2 aromatic rings. The number of piperidine rings is 1. The maximum absolute atomic E-state index is 12.7. The summed E-state index contributed by atoms with van der Waals surface area (Å²) < 4.78 is 28.1. The molecule has 2 N–H and O–H groups in total. The number of benzene rings is 2. The summed E-state index contributed by atoms with van der Waals surface area (Å²) in [5.41, 5.74) is 2.50. The van der Waals surface area contributed by atoms with Crippen LogP contribution in [0.15, 0.2) is 52.3 Å². The summed E-state index contributed by atoms with van der Waals surface area (Å²) in [7, 11) is -3.66. The van der Waals surface area contributed by atoms with E-state index in [1.54, 1.807) is 24.3 Å². The third kappa shape index (κ3) is 6.40. The minimum absolute atomic E-state index is 0.208. The Morgan fingerprint density at radius 2 is 1.77 bits per heavy atom. The zero-order chi connectivity index (χ0) is 21.6. The number of hydrogen-bond acceptors (Lipinski definition) is 5. The molecule has 0 aliphatic carbocycles. The maximum atomic E-state index is 12.7. The maximum Gasteiger partial charge on any atom is 0.261 e. The van der Waals surface area contributed by atoms with Crippen molar-refractivity contribution >= 4 is 34.0 Å². The molecule has 5 nitrogen and oxygen atoms in total. The van der Waals surface area contributed by atoms with Crippen LogP contribution >= 0.6 is 12.6 Å². The molecule has 1 fully saturated rings. The van der Waals surface area contributed by atoms with Gasteiger partial charge in [0.2, 0.25) is 0 Å². The minimum atomic E-state index is -3.66. The molecule has 30 heavy (non-hydrogen) atoms. The quantitative estimate of drug-likeness (QED) is 0.465. The molecular formula is C23H33N3O2S2. The highest BCUT2D eigenvalue weighted by atomic mass is 32.2. The number of aryl methyl sites for hydroxylation is 1. The number of thiol groups is 1. The van der Waals surface area contributed by atoms with Crippen molar-refractivity contribution in [1.29, 1.82) is 0 Å². The molecule has 0 unspecified atom stereocenters. The van der Waals surface area contributed by atoms with Gasteiger partial charge >= 0.3 is 0 Å². The molecule has 3 rings (SSSR count). The van der Waals surface area contributed by atoms with Gasteiger partial charge in [-0.15, -0.1) is 12.6 Å². The number of anilines is 2. The Balaban J connectivity index is 1.63. The predicted molar refractivity (Wildman–Crippen MR) is 128 cm³/mol. The van der Waals surface area contributed by atoms with Crippen LogP contribution < -0.4 is 10.0 Å². The van der Waals surface area contributed by atoms with Crippen molar-refractivity contribution in [3.63, 3.8) is 0 Å². The van der Waals surface area contributed by atoms with E-state index in [2.05, 4.69) is 34.5 Å². The largest absolute Gasteiger partial charge is 0.381 e. The number of nitrogens with one attached hydrogen (secondary N) is 2. The van der Waals surface area contributed by atoms with Crippen LogP contribution in [0.1, 0.15) is 44.6 Å². The Morgan fingerprint density at radius 1 is 1.07 bits per heavy atom. The van der Waals surface area contributed by atoms with Crippen LogP contribution in [0.2, 0.25) is 0 Å². The summed E-state index contributed by atoms with van der Waals surface area (Å²) in [5, 5.41) is 3.55. The summed E-state index contributed by atoms with van der Waals surface area (Å²) in [6.07, 6.45) is 6.03. The molecule has 1 aliphatic heterocycles. The lowest BCUT2D eigenvalue weighted by Crippen LogP contribution is -2.33. The van der Waals surface area contributed by atoms with E-state index in [0.29, 0.717) is 16.6 Å². The molecule has 0 saturated carbocycles. The van der Waals surface area contributed by atoms with Gasteiger partial charge in [-0.05, 0) is 76.0 Å².